The first-order valence-electron chi connectivity index (χ1n) is 11.8. The highest BCUT2D eigenvalue weighted by Crippen LogP contribution is 2.29. The van der Waals surface area contributed by atoms with Crippen molar-refractivity contribution in [3.63, 3.8) is 0 Å². The Kier molecular flexibility index (Phi) is 7.65. The molecular weight excluding hydrogens is 422 g/mol. The molecule has 0 aliphatic carbocycles. The Hall–Kier alpha value is -2.87. The van der Waals surface area contributed by atoms with Crippen LogP contribution in [-0.2, 0) is 25.7 Å². The van der Waals surface area contributed by atoms with Gasteiger partial charge in [-0.2, -0.15) is 0 Å². The molecule has 0 aromatic heterocycles. The summed E-state index contributed by atoms with van der Waals surface area (Å²) in [4.78, 5) is 43.6. The molecule has 178 valence electrons. The smallest absolute Gasteiger partial charge is 0.242 e. The van der Waals surface area contributed by atoms with Crippen LogP contribution in [0.5, 0.6) is 5.75 Å². The Balaban J connectivity index is 1.52. The average Bonchev–Trinajstić information content (AvgIpc) is 2.83. The number of fused-ring (bicyclic) bond motifs is 3. The van der Waals surface area contributed by atoms with Crippen LogP contribution in [-0.4, -0.2) is 85.0 Å². The van der Waals surface area contributed by atoms with Crippen LogP contribution in [0.3, 0.4) is 0 Å². The number of hydrogen-bond acceptors (Lipinski definition) is 5. The van der Waals surface area contributed by atoms with E-state index in [1.165, 1.54) is 6.92 Å². The summed E-state index contributed by atoms with van der Waals surface area (Å²) in [6.07, 6.45) is 5.32. The summed E-state index contributed by atoms with van der Waals surface area (Å²) in [7, 11) is 0. The minimum atomic E-state index is -0.145. The number of piperidine rings is 1. The van der Waals surface area contributed by atoms with Crippen LogP contribution in [0.2, 0.25) is 0 Å². The molecule has 0 N–H and O–H groups in total. The molecule has 0 saturated carbocycles. The van der Waals surface area contributed by atoms with Crippen molar-refractivity contribution >= 4 is 17.7 Å². The molecular formula is C25H33N3O5. The first-order valence-corrected chi connectivity index (χ1v) is 11.8. The van der Waals surface area contributed by atoms with Gasteiger partial charge < -0.3 is 24.2 Å². The first kappa shape index (κ1) is 23.3. The summed E-state index contributed by atoms with van der Waals surface area (Å²) in [5.41, 5.74) is 0.875. The van der Waals surface area contributed by atoms with Crippen LogP contribution in [0.25, 0.3) is 0 Å². The molecule has 33 heavy (non-hydrogen) atoms. The van der Waals surface area contributed by atoms with Crippen LogP contribution in [0.4, 0.5) is 0 Å². The van der Waals surface area contributed by atoms with Gasteiger partial charge in [-0.3, -0.25) is 14.4 Å². The second-order valence-corrected chi connectivity index (χ2v) is 8.97. The topological polar surface area (TPSA) is 79.4 Å². The van der Waals surface area contributed by atoms with Gasteiger partial charge in [-0.15, -0.1) is 0 Å². The Morgan fingerprint density at radius 3 is 2.64 bits per heavy atom. The molecule has 8 heteroatoms. The maximum Gasteiger partial charge on any atom is 0.242 e. The number of hydrogen-bond donors (Lipinski definition) is 0. The van der Waals surface area contributed by atoms with Crippen LogP contribution in [0.15, 0.2) is 36.4 Å². The van der Waals surface area contributed by atoms with E-state index in [4.69, 9.17) is 9.47 Å². The molecule has 0 radical (unpaired) electrons. The predicted molar refractivity (Wildman–Crippen MR) is 122 cm³/mol. The predicted octanol–water partition coefficient (Wildman–Crippen LogP) is 1.70. The molecule has 3 heterocycles. The zero-order chi connectivity index (χ0) is 23.2. The normalized spacial score (nSPS) is 25.1. The van der Waals surface area contributed by atoms with E-state index in [1.54, 1.807) is 4.90 Å². The van der Waals surface area contributed by atoms with E-state index in [0.29, 0.717) is 64.7 Å². The van der Waals surface area contributed by atoms with E-state index in [-0.39, 0.29) is 36.1 Å². The summed E-state index contributed by atoms with van der Waals surface area (Å²) in [5, 5.41) is 0. The lowest BCUT2D eigenvalue weighted by molar-refractivity contribution is -0.142. The molecule has 4 rings (SSSR count). The minimum absolute atomic E-state index is 0.0392. The number of para-hydroxylation sites is 1. The zero-order valence-electron chi connectivity index (χ0n) is 19.3. The fraction of sp³-hybridized carbons (Fsp3) is 0.560. The average molecular weight is 456 g/mol. The lowest BCUT2D eigenvalue weighted by atomic mass is 9.82. The Morgan fingerprint density at radius 1 is 1.06 bits per heavy atom. The van der Waals surface area contributed by atoms with Gasteiger partial charge in [-0.05, 0) is 24.3 Å². The van der Waals surface area contributed by atoms with Gasteiger partial charge in [0.25, 0.3) is 0 Å². The highest BCUT2D eigenvalue weighted by Gasteiger charge is 2.33. The molecule has 3 aliphatic heterocycles. The minimum Gasteiger partial charge on any atom is -0.489 e. The fourth-order valence-corrected chi connectivity index (χ4v) is 4.79. The monoisotopic (exact) mass is 455 g/mol. The van der Waals surface area contributed by atoms with E-state index < -0.39 is 0 Å². The van der Waals surface area contributed by atoms with E-state index in [0.717, 1.165) is 12.0 Å². The van der Waals surface area contributed by atoms with Crippen LogP contribution in [0.1, 0.15) is 25.3 Å². The molecule has 2 bridgehead atoms. The van der Waals surface area contributed by atoms with Crippen molar-refractivity contribution in [2.75, 3.05) is 52.5 Å². The van der Waals surface area contributed by atoms with Gasteiger partial charge in [0.1, 0.15) is 18.9 Å². The number of morpholine rings is 1. The Bertz CT molecular complexity index is 896. The van der Waals surface area contributed by atoms with Crippen molar-refractivity contribution in [2.45, 2.75) is 26.3 Å². The number of rotatable bonds is 2. The molecule has 1 aromatic rings. The number of nitrogens with zero attached hydrogens (tertiary/aromatic N) is 3. The molecule has 0 spiro atoms. The quantitative estimate of drug-likeness (QED) is 0.635. The number of carbonyl (C=O) groups is 3. The molecule has 0 unspecified atom stereocenters. The van der Waals surface area contributed by atoms with Gasteiger partial charge >= 0.3 is 0 Å². The largest absolute Gasteiger partial charge is 0.489 e. The lowest BCUT2D eigenvalue weighted by Crippen LogP contribution is -2.49. The van der Waals surface area contributed by atoms with Gasteiger partial charge in [0.2, 0.25) is 17.7 Å². The number of benzene rings is 1. The second kappa shape index (κ2) is 10.8. The third-order valence-corrected chi connectivity index (χ3v) is 6.78. The van der Waals surface area contributed by atoms with Crippen molar-refractivity contribution in [2.24, 2.45) is 11.8 Å². The van der Waals surface area contributed by atoms with Gasteiger partial charge in [0, 0.05) is 51.6 Å². The van der Waals surface area contributed by atoms with Crippen molar-refractivity contribution in [3.8, 4) is 5.75 Å². The summed E-state index contributed by atoms with van der Waals surface area (Å²) in [6.45, 7) is 5.87. The van der Waals surface area contributed by atoms with Crippen molar-refractivity contribution in [1.82, 2.24) is 14.7 Å². The highest BCUT2D eigenvalue weighted by atomic mass is 16.5. The van der Waals surface area contributed by atoms with Gasteiger partial charge in [-0.25, -0.2) is 0 Å². The molecule has 2 saturated heterocycles. The molecule has 1 aromatic carbocycles. The van der Waals surface area contributed by atoms with E-state index in [1.807, 2.05) is 40.1 Å². The van der Waals surface area contributed by atoms with Gasteiger partial charge in [0.15, 0.2) is 0 Å². The fourth-order valence-electron chi connectivity index (χ4n) is 4.79. The van der Waals surface area contributed by atoms with E-state index in [9.17, 15) is 14.4 Å². The first-order chi connectivity index (χ1) is 16.0. The molecule has 3 aliphatic rings. The number of carbonyl (C=O) groups excluding carboxylic acids is 3. The molecule has 3 amide bonds. The maximum absolute atomic E-state index is 13.1. The molecule has 2 atom stereocenters. The highest BCUT2D eigenvalue weighted by molar-refractivity contribution is 5.84. The molecule has 2 fully saturated rings. The van der Waals surface area contributed by atoms with Gasteiger partial charge in [-0.1, -0.05) is 30.4 Å². The Morgan fingerprint density at radius 2 is 1.85 bits per heavy atom. The second-order valence-electron chi connectivity index (χ2n) is 8.97. The summed E-state index contributed by atoms with van der Waals surface area (Å²) >= 11 is 0. The SMILES string of the molecule is CC(=O)N1CC(=O)N2CC[C@@H](CC(=O)N3CCOCC3)[C@@H](/C=C/COc3ccccc3C1)C2. The van der Waals surface area contributed by atoms with Crippen molar-refractivity contribution < 1.29 is 23.9 Å². The van der Waals surface area contributed by atoms with E-state index in [2.05, 4.69) is 6.08 Å². The summed E-state index contributed by atoms with van der Waals surface area (Å²) < 4.78 is 11.4. The number of amides is 3. The summed E-state index contributed by atoms with van der Waals surface area (Å²) in [5.74, 6) is 0.905. The zero-order valence-corrected chi connectivity index (χ0v) is 19.3. The Labute approximate surface area is 195 Å². The standard InChI is InChI=1S/C25H33N3O5/c1-19(29)28-17-22-5-2-3-7-23(22)33-12-4-6-21-16-27(25(31)18-28)9-8-20(21)15-24(30)26-10-13-32-14-11-26/h2-7,20-21H,8-18H2,1H3/b6-4+/t20-,21-/m0/s1. The molecule has 8 nitrogen and oxygen atoms in total. The van der Waals surface area contributed by atoms with Crippen LogP contribution < -0.4 is 4.74 Å². The van der Waals surface area contributed by atoms with E-state index >= 15 is 0 Å². The third-order valence-electron chi connectivity index (χ3n) is 6.78. The van der Waals surface area contributed by atoms with Crippen molar-refractivity contribution in [3.05, 3.63) is 42.0 Å². The number of ether oxygens (including phenoxy) is 2. The summed E-state index contributed by atoms with van der Waals surface area (Å²) in [6, 6.07) is 7.61. The van der Waals surface area contributed by atoms with Gasteiger partial charge in [0.05, 0.1) is 13.2 Å². The third kappa shape index (κ3) is 5.93. The van der Waals surface area contributed by atoms with Crippen LogP contribution >= 0.6 is 0 Å². The lowest BCUT2D eigenvalue weighted by Gasteiger charge is -2.39. The van der Waals surface area contributed by atoms with Crippen LogP contribution in [0, 0.1) is 11.8 Å². The van der Waals surface area contributed by atoms with Crippen molar-refractivity contribution in [1.29, 1.82) is 0 Å². The maximum atomic E-state index is 13.1.